The number of hydrogen-bond donors (Lipinski definition) is 2. The molecule has 0 unspecified atom stereocenters. The first-order valence-electron chi connectivity index (χ1n) is 9.44. The van der Waals surface area contributed by atoms with Crippen LogP contribution in [-0.4, -0.2) is 74.6 Å². The molecule has 1 heterocycles. The Morgan fingerprint density at radius 2 is 1.93 bits per heavy atom. The summed E-state index contributed by atoms with van der Waals surface area (Å²) in [7, 11) is 5.67. The third-order valence-electron chi connectivity index (χ3n) is 4.31. The first-order chi connectivity index (χ1) is 13.2. The first-order valence-corrected chi connectivity index (χ1v) is 9.44. The molecule has 28 heavy (non-hydrogen) atoms. The molecule has 0 fully saturated rings. The molecule has 1 aromatic carbocycles. The Kier molecular flexibility index (Phi) is 12.5. The van der Waals surface area contributed by atoms with E-state index in [0.29, 0.717) is 0 Å². The number of guanidine groups is 1. The van der Waals surface area contributed by atoms with Gasteiger partial charge >= 0.3 is 0 Å². The van der Waals surface area contributed by atoms with Gasteiger partial charge in [0.15, 0.2) is 5.96 Å². The highest BCUT2D eigenvalue weighted by Gasteiger charge is 2.01. The van der Waals surface area contributed by atoms with Gasteiger partial charge in [-0.25, -0.2) is 4.68 Å². The maximum absolute atomic E-state index is 5.08. The number of aliphatic imine (C=N–C) groups is 1. The molecule has 0 atom stereocenters. The Morgan fingerprint density at radius 3 is 2.57 bits per heavy atom. The largest absolute Gasteiger partial charge is 0.385 e. The van der Waals surface area contributed by atoms with E-state index in [9.17, 15) is 0 Å². The second-order valence-corrected chi connectivity index (χ2v) is 6.44. The molecule has 156 valence electrons. The first kappa shape index (κ1) is 24.4. The monoisotopic (exact) mass is 500 g/mol. The van der Waals surface area contributed by atoms with Gasteiger partial charge < -0.3 is 20.3 Å². The Morgan fingerprint density at radius 1 is 1.18 bits per heavy atom. The number of methoxy groups -OCH3 is 1. The van der Waals surface area contributed by atoms with Crippen LogP contribution >= 0.6 is 24.0 Å². The van der Waals surface area contributed by atoms with Crippen molar-refractivity contribution in [1.29, 1.82) is 0 Å². The Balaban J connectivity index is 0.00000392. The molecule has 0 aliphatic carbocycles. The van der Waals surface area contributed by atoms with E-state index < -0.39 is 0 Å². The van der Waals surface area contributed by atoms with E-state index in [4.69, 9.17) is 4.74 Å². The van der Waals surface area contributed by atoms with Gasteiger partial charge in [0.1, 0.15) is 0 Å². The zero-order valence-electron chi connectivity index (χ0n) is 17.1. The molecule has 0 aliphatic heterocycles. The van der Waals surface area contributed by atoms with Crippen molar-refractivity contribution in [1.82, 2.24) is 25.3 Å². The smallest absolute Gasteiger partial charge is 0.191 e. The number of nitrogens with zero attached hydrogens (tertiary/aromatic N) is 4. The number of ether oxygens (including phenoxy) is 1. The number of rotatable bonds is 11. The van der Waals surface area contributed by atoms with Gasteiger partial charge in [-0.1, -0.05) is 12.1 Å². The average Bonchev–Trinajstić information content (AvgIpc) is 3.22. The van der Waals surface area contributed by atoms with E-state index >= 15 is 0 Å². The van der Waals surface area contributed by atoms with E-state index in [1.54, 1.807) is 20.4 Å². The maximum atomic E-state index is 5.08. The minimum atomic E-state index is 0. The molecule has 2 rings (SSSR count). The van der Waals surface area contributed by atoms with Gasteiger partial charge in [-0.2, -0.15) is 5.10 Å². The third-order valence-corrected chi connectivity index (χ3v) is 4.31. The van der Waals surface area contributed by atoms with Crippen molar-refractivity contribution >= 4 is 29.9 Å². The van der Waals surface area contributed by atoms with Crippen molar-refractivity contribution < 1.29 is 4.74 Å². The fraction of sp³-hybridized carbons (Fsp3) is 0.500. The molecule has 0 saturated carbocycles. The zero-order chi connectivity index (χ0) is 19.3. The second-order valence-electron chi connectivity index (χ2n) is 6.44. The molecule has 0 spiro atoms. The van der Waals surface area contributed by atoms with Crippen LogP contribution in [0, 0.1) is 0 Å². The van der Waals surface area contributed by atoms with Gasteiger partial charge in [-0.05, 0) is 43.7 Å². The summed E-state index contributed by atoms with van der Waals surface area (Å²) in [6.45, 7) is 4.52. The van der Waals surface area contributed by atoms with Gasteiger partial charge in [0.05, 0.1) is 5.69 Å². The van der Waals surface area contributed by atoms with Crippen LogP contribution in [0.4, 0.5) is 0 Å². The summed E-state index contributed by atoms with van der Waals surface area (Å²) in [5, 5.41) is 11.0. The average molecular weight is 500 g/mol. The van der Waals surface area contributed by atoms with Crippen LogP contribution in [0.3, 0.4) is 0 Å². The quantitative estimate of drug-likeness (QED) is 0.214. The fourth-order valence-electron chi connectivity index (χ4n) is 2.74. The van der Waals surface area contributed by atoms with Crippen LogP contribution in [0.1, 0.15) is 12.0 Å². The number of benzene rings is 1. The summed E-state index contributed by atoms with van der Waals surface area (Å²) in [4.78, 5) is 6.58. The lowest BCUT2D eigenvalue weighted by Crippen LogP contribution is -2.41. The van der Waals surface area contributed by atoms with E-state index in [0.717, 1.165) is 57.3 Å². The van der Waals surface area contributed by atoms with Crippen molar-refractivity contribution in [2.45, 2.75) is 12.8 Å². The molecule has 2 N–H and O–H groups in total. The molecular formula is C20H33IN6O. The molecule has 0 amide bonds. The lowest BCUT2D eigenvalue weighted by molar-refractivity contribution is 0.180. The van der Waals surface area contributed by atoms with Crippen LogP contribution in [0.5, 0.6) is 0 Å². The normalized spacial score (nSPS) is 11.4. The predicted molar refractivity (Wildman–Crippen MR) is 126 cm³/mol. The number of likely N-dealkylation sites (N-methyl/N-ethyl adjacent to an activating group) is 1. The Labute approximate surface area is 185 Å². The molecule has 2 aromatic rings. The van der Waals surface area contributed by atoms with Crippen LogP contribution in [0.2, 0.25) is 0 Å². The number of hydrogen-bond acceptors (Lipinski definition) is 4. The highest BCUT2D eigenvalue weighted by molar-refractivity contribution is 14.0. The summed E-state index contributed by atoms with van der Waals surface area (Å²) in [5.74, 6) is 0.841. The van der Waals surface area contributed by atoms with E-state index in [-0.39, 0.29) is 24.0 Å². The third kappa shape index (κ3) is 9.03. The Bertz CT molecular complexity index is 660. The standard InChI is InChI=1S/C20H32N6O.HI/c1-21-20(23-13-16-25(2)14-5-17-27-3)22-12-10-18-6-8-19(9-7-18)26-15-4-11-24-26;/h4,6-9,11,15H,5,10,12-14,16-17H2,1-3H3,(H2,21,22,23);1H. The van der Waals surface area contributed by atoms with Crippen molar-refractivity contribution in [3.63, 3.8) is 0 Å². The lowest BCUT2D eigenvalue weighted by atomic mass is 10.1. The molecule has 0 bridgehead atoms. The van der Waals surface area contributed by atoms with Crippen LogP contribution in [0.25, 0.3) is 5.69 Å². The minimum absolute atomic E-state index is 0. The maximum Gasteiger partial charge on any atom is 0.191 e. The van der Waals surface area contributed by atoms with E-state index in [2.05, 4.69) is 56.9 Å². The van der Waals surface area contributed by atoms with E-state index in [1.165, 1.54) is 5.56 Å². The summed E-state index contributed by atoms with van der Waals surface area (Å²) in [5.41, 5.74) is 2.36. The number of halogens is 1. The van der Waals surface area contributed by atoms with Gasteiger partial charge in [-0.15, -0.1) is 24.0 Å². The van der Waals surface area contributed by atoms with Gasteiger partial charge in [0.25, 0.3) is 0 Å². The molecule has 0 aliphatic rings. The minimum Gasteiger partial charge on any atom is -0.385 e. The van der Waals surface area contributed by atoms with Crippen molar-refractivity contribution in [3.05, 3.63) is 48.3 Å². The van der Waals surface area contributed by atoms with Gasteiger partial charge in [0, 0.05) is 59.3 Å². The lowest BCUT2D eigenvalue weighted by Gasteiger charge is -2.18. The summed E-state index contributed by atoms with van der Waals surface area (Å²) in [6, 6.07) is 10.4. The summed E-state index contributed by atoms with van der Waals surface area (Å²) >= 11 is 0. The van der Waals surface area contributed by atoms with Crippen LogP contribution in [-0.2, 0) is 11.2 Å². The van der Waals surface area contributed by atoms with Crippen molar-refractivity contribution in [3.8, 4) is 5.69 Å². The van der Waals surface area contributed by atoms with Crippen LogP contribution < -0.4 is 10.6 Å². The van der Waals surface area contributed by atoms with Gasteiger partial charge in [0.2, 0.25) is 0 Å². The molecule has 0 radical (unpaired) electrons. The number of nitrogens with one attached hydrogen (secondary N) is 2. The Hall–Kier alpha value is -1.65. The van der Waals surface area contributed by atoms with Crippen LogP contribution in [0.15, 0.2) is 47.7 Å². The molecular weight excluding hydrogens is 467 g/mol. The molecule has 8 heteroatoms. The van der Waals surface area contributed by atoms with Gasteiger partial charge in [-0.3, -0.25) is 4.99 Å². The SMILES string of the molecule is CN=C(NCCc1ccc(-n2cccn2)cc1)NCCN(C)CCCOC.I. The summed E-state index contributed by atoms with van der Waals surface area (Å²) < 4.78 is 6.94. The highest BCUT2D eigenvalue weighted by Crippen LogP contribution is 2.08. The topological polar surface area (TPSA) is 66.7 Å². The van der Waals surface area contributed by atoms with E-state index in [1.807, 2.05) is 16.9 Å². The second kappa shape index (κ2) is 14.4. The molecule has 7 nitrogen and oxygen atoms in total. The number of aromatic nitrogens is 2. The fourth-order valence-corrected chi connectivity index (χ4v) is 2.74. The predicted octanol–water partition coefficient (Wildman–Crippen LogP) is 2.17. The highest BCUT2D eigenvalue weighted by atomic mass is 127. The van der Waals surface area contributed by atoms with Crippen molar-refractivity contribution in [2.75, 3.05) is 54.0 Å². The zero-order valence-corrected chi connectivity index (χ0v) is 19.4. The van der Waals surface area contributed by atoms with Crippen molar-refractivity contribution in [2.24, 2.45) is 4.99 Å². The molecule has 0 saturated heterocycles. The summed E-state index contributed by atoms with van der Waals surface area (Å²) in [6.07, 6.45) is 5.73. The molecule has 1 aromatic heterocycles.